The topological polar surface area (TPSA) is 73.2 Å². The number of hydrogen-bond acceptors (Lipinski definition) is 4. The maximum absolute atomic E-state index is 12.9. The first-order valence-electron chi connectivity index (χ1n) is 11.2. The zero-order chi connectivity index (χ0) is 24.8. The Morgan fingerprint density at radius 2 is 1.79 bits per heavy atom. The largest absolute Gasteiger partial charge is 0.465 e. The molecule has 0 saturated carbocycles. The molecule has 1 N–H and O–H groups in total. The lowest BCUT2D eigenvalue weighted by Gasteiger charge is -2.11. The zero-order valence-electron chi connectivity index (χ0n) is 20.4. The van der Waals surface area contributed by atoms with Gasteiger partial charge in [-0.05, 0) is 73.7 Å². The number of allylic oxidation sites excluding steroid dienone is 1. The van der Waals surface area contributed by atoms with Gasteiger partial charge >= 0.3 is 5.97 Å². The summed E-state index contributed by atoms with van der Waals surface area (Å²) in [5.74, 6) is 5.43. The second-order valence-electron chi connectivity index (χ2n) is 7.70. The first-order valence-corrected chi connectivity index (χ1v) is 11.2. The van der Waals surface area contributed by atoms with Gasteiger partial charge < -0.3 is 10.1 Å². The third-order valence-corrected chi connectivity index (χ3v) is 5.48. The van der Waals surface area contributed by atoms with Gasteiger partial charge in [-0.1, -0.05) is 31.9 Å². The van der Waals surface area contributed by atoms with E-state index in [1.54, 1.807) is 35.9 Å². The molecule has 0 spiro atoms. The number of anilines is 1. The number of aryl methyl sites for hydroxylation is 3. The molecule has 1 amide bonds. The number of nitrogens with zero attached hydrogens (tertiary/aromatic N) is 2. The van der Waals surface area contributed by atoms with Crippen LogP contribution in [-0.2, 0) is 4.74 Å². The van der Waals surface area contributed by atoms with E-state index in [0.717, 1.165) is 11.3 Å². The molecular weight excluding hydrogens is 426 g/mol. The summed E-state index contributed by atoms with van der Waals surface area (Å²) in [6, 6.07) is 13.0. The van der Waals surface area contributed by atoms with Crippen molar-refractivity contribution in [1.29, 1.82) is 0 Å². The van der Waals surface area contributed by atoms with E-state index in [1.165, 1.54) is 18.2 Å². The molecule has 0 atom stereocenters. The van der Waals surface area contributed by atoms with Crippen molar-refractivity contribution in [3.05, 3.63) is 87.7 Å². The van der Waals surface area contributed by atoms with Gasteiger partial charge in [0.05, 0.1) is 18.4 Å². The summed E-state index contributed by atoms with van der Waals surface area (Å²) in [7, 11) is 1.34. The molecule has 2 heterocycles. The molecular formula is C28H31N3O3. The number of methoxy groups -OCH3 is 1. The van der Waals surface area contributed by atoms with Crippen LogP contribution in [0.15, 0.2) is 48.5 Å². The van der Waals surface area contributed by atoms with Crippen molar-refractivity contribution in [2.75, 3.05) is 12.4 Å². The first kappa shape index (κ1) is 24.5. The molecule has 1 aromatic heterocycles. The number of amides is 1. The summed E-state index contributed by atoms with van der Waals surface area (Å²) in [5, 5.41) is 7.40. The SMILES string of the molecule is CC.COC(=O)c1ccc(NC(=O)c2cc3n(n2)C(c2ccc(C)c(C)c2)=CCC#C3)cc1C.[HH]. The highest BCUT2D eigenvalue weighted by Crippen LogP contribution is 2.24. The molecule has 176 valence electrons. The van der Waals surface area contributed by atoms with Crippen LogP contribution >= 0.6 is 0 Å². The van der Waals surface area contributed by atoms with Crippen molar-refractivity contribution >= 4 is 23.3 Å². The second-order valence-corrected chi connectivity index (χ2v) is 7.70. The quantitative estimate of drug-likeness (QED) is 0.399. The van der Waals surface area contributed by atoms with E-state index < -0.39 is 5.97 Å². The van der Waals surface area contributed by atoms with Gasteiger partial charge in [0.1, 0.15) is 5.69 Å². The molecule has 4 rings (SSSR count). The Bertz CT molecular complexity index is 1340. The lowest BCUT2D eigenvalue weighted by Crippen LogP contribution is -2.14. The molecule has 34 heavy (non-hydrogen) atoms. The maximum Gasteiger partial charge on any atom is 0.338 e. The molecule has 0 saturated heterocycles. The summed E-state index contributed by atoms with van der Waals surface area (Å²) < 4.78 is 6.49. The van der Waals surface area contributed by atoms with Crippen molar-refractivity contribution in [3.63, 3.8) is 0 Å². The number of carbonyl (C=O) groups is 2. The van der Waals surface area contributed by atoms with Crippen LogP contribution < -0.4 is 5.32 Å². The van der Waals surface area contributed by atoms with Crippen LogP contribution in [-0.4, -0.2) is 28.8 Å². The normalized spacial score (nSPS) is 11.5. The van der Waals surface area contributed by atoms with Crippen LogP contribution in [0.25, 0.3) is 5.70 Å². The van der Waals surface area contributed by atoms with Gasteiger partial charge in [-0.25, -0.2) is 9.48 Å². The zero-order valence-corrected chi connectivity index (χ0v) is 20.4. The van der Waals surface area contributed by atoms with Crippen LogP contribution in [0.4, 0.5) is 5.69 Å². The van der Waals surface area contributed by atoms with E-state index >= 15 is 0 Å². The summed E-state index contributed by atoms with van der Waals surface area (Å²) in [5.41, 5.74) is 6.97. The number of benzene rings is 2. The van der Waals surface area contributed by atoms with Crippen molar-refractivity contribution in [1.82, 2.24) is 9.78 Å². The summed E-state index contributed by atoms with van der Waals surface area (Å²) in [6.45, 7) is 9.94. The van der Waals surface area contributed by atoms with Crippen molar-refractivity contribution in [2.24, 2.45) is 0 Å². The fourth-order valence-electron chi connectivity index (χ4n) is 3.56. The number of hydrogen-bond donors (Lipinski definition) is 1. The molecule has 2 aromatic carbocycles. The molecule has 0 bridgehead atoms. The van der Waals surface area contributed by atoms with Crippen LogP contribution in [0.3, 0.4) is 0 Å². The molecule has 0 radical (unpaired) electrons. The number of aromatic nitrogens is 2. The molecule has 1 aliphatic rings. The highest BCUT2D eigenvalue weighted by atomic mass is 16.5. The Morgan fingerprint density at radius 1 is 1.03 bits per heavy atom. The Hall–Kier alpha value is -4.11. The molecule has 6 heteroatoms. The molecule has 0 unspecified atom stereocenters. The third-order valence-electron chi connectivity index (χ3n) is 5.48. The number of ether oxygens (including phenoxy) is 1. The van der Waals surface area contributed by atoms with E-state index in [0.29, 0.717) is 28.9 Å². The highest BCUT2D eigenvalue weighted by Gasteiger charge is 2.19. The fourth-order valence-corrected chi connectivity index (χ4v) is 3.56. The predicted octanol–water partition coefficient (Wildman–Crippen LogP) is 5.76. The predicted molar refractivity (Wildman–Crippen MR) is 137 cm³/mol. The second kappa shape index (κ2) is 10.7. The van der Waals surface area contributed by atoms with Gasteiger partial charge in [0.2, 0.25) is 0 Å². The Labute approximate surface area is 202 Å². The fraction of sp³-hybridized carbons (Fsp3) is 0.250. The van der Waals surface area contributed by atoms with Crippen LogP contribution in [0, 0.1) is 32.6 Å². The summed E-state index contributed by atoms with van der Waals surface area (Å²) in [4.78, 5) is 24.7. The monoisotopic (exact) mass is 457 g/mol. The smallest absolute Gasteiger partial charge is 0.338 e. The van der Waals surface area contributed by atoms with Gasteiger partial charge in [0.25, 0.3) is 5.91 Å². The van der Waals surface area contributed by atoms with Gasteiger partial charge in [0, 0.05) is 25.2 Å². The number of fused-ring (bicyclic) bond motifs is 1. The van der Waals surface area contributed by atoms with Gasteiger partial charge in [-0.3, -0.25) is 4.79 Å². The minimum Gasteiger partial charge on any atom is -0.465 e. The summed E-state index contributed by atoms with van der Waals surface area (Å²) >= 11 is 0. The molecule has 0 aliphatic carbocycles. The van der Waals surface area contributed by atoms with Crippen molar-refractivity contribution in [3.8, 4) is 11.8 Å². The average Bonchev–Trinajstić information content (AvgIpc) is 3.16. The number of nitrogens with one attached hydrogen (secondary N) is 1. The lowest BCUT2D eigenvalue weighted by atomic mass is 10.0. The average molecular weight is 458 g/mol. The highest BCUT2D eigenvalue weighted by molar-refractivity contribution is 6.03. The number of rotatable bonds is 4. The Morgan fingerprint density at radius 3 is 2.47 bits per heavy atom. The minimum atomic E-state index is -0.414. The Balaban J connectivity index is 0.00000140. The third kappa shape index (κ3) is 5.10. The maximum atomic E-state index is 12.9. The molecule has 0 fully saturated rings. The van der Waals surface area contributed by atoms with Crippen LogP contribution in [0.1, 0.15) is 70.5 Å². The minimum absolute atomic E-state index is 0. The Kier molecular flexibility index (Phi) is 7.70. The van der Waals surface area contributed by atoms with E-state index in [9.17, 15) is 9.59 Å². The lowest BCUT2D eigenvalue weighted by molar-refractivity contribution is 0.0600. The van der Waals surface area contributed by atoms with E-state index in [-0.39, 0.29) is 13.0 Å². The van der Waals surface area contributed by atoms with Gasteiger partial charge in [-0.2, -0.15) is 5.10 Å². The summed E-state index contributed by atoms with van der Waals surface area (Å²) in [6.07, 6.45) is 2.64. The van der Waals surface area contributed by atoms with E-state index in [2.05, 4.69) is 54.3 Å². The van der Waals surface area contributed by atoms with Crippen LogP contribution in [0.5, 0.6) is 0 Å². The van der Waals surface area contributed by atoms with Crippen LogP contribution in [0.2, 0.25) is 0 Å². The van der Waals surface area contributed by atoms with Gasteiger partial charge in [-0.15, -0.1) is 0 Å². The molecule has 1 aliphatic heterocycles. The van der Waals surface area contributed by atoms with Crippen molar-refractivity contribution < 1.29 is 15.8 Å². The van der Waals surface area contributed by atoms with Gasteiger partial charge in [0.15, 0.2) is 5.69 Å². The molecule has 6 nitrogen and oxygen atoms in total. The standard InChI is InChI=1S/C26H23N3O3.C2H6.H2/c1-16-9-10-19(13-17(16)2)24-8-6-5-7-21-15-23(28-29(21)24)25(30)27-20-11-12-22(18(3)14-20)26(31)32-4;1-2;/h8-15H,6H2,1-4H3,(H,27,30);1-2H3;1H. The first-order chi connectivity index (χ1) is 16.4. The van der Waals surface area contributed by atoms with E-state index in [4.69, 9.17) is 4.74 Å². The number of esters is 1. The van der Waals surface area contributed by atoms with E-state index in [1.807, 2.05) is 19.9 Å². The van der Waals surface area contributed by atoms with Crippen molar-refractivity contribution in [2.45, 2.75) is 41.0 Å². The number of carbonyl (C=O) groups excluding carboxylic acids is 2. The molecule has 3 aromatic rings.